The molecule has 1 heterocycles. The first-order valence-corrected chi connectivity index (χ1v) is 6.13. The highest BCUT2D eigenvalue weighted by molar-refractivity contribution is 5.91. The van der Waals surface area contributed by atoms with E-state index in [2.05, 4.69) is 10.1 Å². The van der Waals surface area contributed by atoms with E-state index in [0.29, 0.717) is 25.4 Å². The fourth-order valence-electron chi connectivity index (χ4n) is 1.94. The van der Waals surface area contributed by atoms with Gasteiger partial charge in [-0.15, -0.1) is 0 Å². The van der Waals surface area contributed by atoms with E-state index in [0.717, 1.165) is 0 Å². The van der Waals surface area contributed by atoms with Crippen molar-refractivity contribution in [2.45, 2.75) is 6.92 Å². The van der Waals surface area contributed by atoms with Crippen molar-refractivity contribution in [2.24, 2.45) is 5.41 Å². The molecule has 1 aromatic carbocycles. The summed E-state index contributed by atoms with van der Waals surface area (Å²) < 4.78 is 9.75. The Hall–Kier alpha value is -2.15. The van der Waals surface area contributed by atoms with Gasteiger partial charge in [-0.1, -0.05) is 6.92 Å². The zero-order chi connectivity index (χ0) is 14.8. The molecule has 0 saturated carbocycles. The van der Waals surface area contributed by atoms with Gasteiger partial charge in [-0.3, -0.25) is 10.1 Å². The summed E-state index contributed by atoms with van der Waals surface area (Å²) in [6, 6.07) is 4.12. The molecular weight excluding hydrogens is 264 g/mol. The normalized spacial score (nSPS) is 16.1. The van der Waals surface area contributed by atoms with Gasteiger partial charge in [0, 0.05) is 18.0 Å². The molecule has 0 spiro atoms. The molecule has 20 heavy (non-hydrogen) atoms. The first kappa shape index (κ1) is 14.3. The molecule has 0 unspecified atom stereocenters. The molecule has 1 N–H and O–H groups in total. The van der Waals surface area contributed by atoms with Gasteiger partial charge in [0.15, 0.2) is 0 Å². The van der Waals surface area contributed by atoms with Gasteiger partial charge < -0.3 is 14.8 Å². The van der Waals surface area contributed by atoms with Gasteiger partial charge in [0.25, 0.3) is 5.69 Å². The summed E-state index contributed by atoms with van der Waals surface area (Å²) in [6.07, 6.45) is 0. The zero-order valence-corrected chi connectivity index (χ0v) is 11.3. The summed E-state index contributed by atoms with van der Waals surface area (Å²) in [6.45, 7) is 3.80. The maximum atomic E-state index is 11.5. The number of nitrogens with zero attached hydrogens (tertiary/aromatic N) is 1. The number of carbonyl (C=O) groups is 1. The van der Waals surface area contributed by atoms with Crippen molar-refractivity contribution in [3.05, 3.63) is 33.9 Å². The van der Waals surface area contributed by atoms with E-state index in [9.17, 15) is 14.9 Å². The van der Waals surface area contributed by atoms with Crippen molar-refractivity contribution < 1.29 is 19.2 Å². The van der Waals surface area contributed by atoms with Gasteiger partial charge in [0.05, 0.1) is 30.8 Å². The van der Waals surface area contributed by atoms with Gasteiger partial charge >= 0.3 is 5.97 Å². The lowest BCUT2D eigenvalue weighted by atomic mass is 9.88. The summed E-state index contributed by atoms with van der Waals surface area (Å²) >= 11 is 0. The molecular formula is C13H16N2O5. The molecule has 0 bridgehead atoms. The number of esters is 1. The van der Waals surface area contributed by atoms with Crippen LogP contribution in [-0.2, 0) is 9.47 Å². The van der Waals surface area contributed by atoms with Crippen LogP contribution in [0.2, 0.25) is 0 Å². The summed E-state index contributed by atoms with van der Waals surface area (Å²) in [7, 11) is 1.27. The monoisotopic (exact) mass is 280 g/mol. The minimum absolute atomic E-state index is 0.0326. The highest BCUT2D eigenvalue weighted by Gasteiger charge is 2.33. The number of nitrogens with one attached hydrogen (secondary N) is 1. The molecule has 2 rings (SSSR count). The SMILES string of the molecule is COC(=O)c1ccc([N+](=O)[O-])c(NCC2(C)COC2)c1. The third-order valence-corrected chi connectivity index (χ3v) is 3.22. The van der Waals surface area contributed by atoms with Crippen molar-refractivity contribution in [2.75, 3.05) is 32.2 Å². The predicted octanol–water partition coefficient (Wildman–Crippen LogP) is 1.83. The molecule has 108 valence electrons. The maximum absolute atomic E-state index is 11.5. The Morgan fingerprint density at radius 2 is 2.25 bits per heavy atom. The largest absolute Gasteiger partial charge is 0.465 e. The van der Waals surface area contributed by atoms with Crippen LogP contribution in [0, 0.1) is 15.5 Å². The van der Waals surface area contributed by atoms with Gasteiger partial charge in [0.1, 0.15) is 5.69 Å². The molecule has 1 aliphatic rings. The quantitative estimate of drug-likeness (QED) is 0.502. The number of methoxy groups -OCH3 is 1. The van der Waals surface area contributed by atoms with Crippen molar-refractivity contribution in [3.8, 4) is 0 Å². The Balaban J connectivity index is 2.22. The Morgan fingerprint density at radius 3 is 2.75 bits per heavy atom. The van der Waals surface area contributed by atoms with Gasteiger partial charge in [-0.2, -0.15) is 0 Å². The molecule has 0 aromatic heterocycles. The molecule has 0 radical (unpaired) electrons. The van der Waals surface area contributed by atoms with Crippen LogP contribution >= 0.6 is 0 Å². The first-order chi connectivity index (χ1) is 9.45. The fraction of sp³-hybridized carbons (Fsp3) is 0.462. The summed E-state index contributed by atoms with van der Waals surface area (Å²) in [4.78, 5) is 22.0. The van der Waals surface area contributed by atoms with Crippen molar-refractivity contribution >= 4 is 17.3 Å². The average Bonchev–Trinajstić information content (AvgIpc) is 2.41. The molecule has 7 nitrogen and oxygen atoms in total. The second-order valence-electron chi connectivity index (χ2n) is 5.14. The minimum atomic E-state index is -0.527. The molecule has 1 aliphatic heterocycles. The number of benzene rings is 1. The van der Waals surface area contributed by atoms with Crippen molar-refractivity contribution in [1.82, 2.24) is 0 Å². The van der Waals surface area contributed by atoms with E-state index < -0.39 is 10.9 Å². The van der Waals surface area contributed by atoms with Crippen LogP contribution in [0.4, 0.5) is 11.4 Å². The lowest BCUT2D eigenvalue weighted by Crippen LogP contribution is -2.45. The predicted molar refractivity (Wildman–Crippen MR) is 71.9 cm³/mol. The van der Waals surface area contributed by atoms with Gasteiger partial charge in [-0.05, 0) is 12.1 Å². The molecule has 0 atom stereocenters. The van der Waals surface area contributed by atoms with E-state index in [4.69, 9.17) is 4.74 Å². The lowest BCUT2D eigenvalue weighted by Gasteiger charge is -2.38. The molecule has 7 heteroatoms. The van der Waals surface area contributed by atoms with Gasteiger partial charge in [0.2, 0.25) is 0 Å². The Morgan fingerprint density at radius 1 is 1.55 bits per heavy atom. The van der Waals surface area contributed by atoms with Crippen LogP contribution in [0.25, 0.3) is 0 Å². The van der Waals surface area contributed by atoms with Crippen LogP contribution in [0.5, 0.6) is 0 Å². The third-order valence-electron chi connectivity index (χ3n) is 3.22. The number of anilines is 1. The molecule has 0 amide bonds. The molecule has 1 saturated heterocycles. The van der Waals surface area contributed by atoms with E-state index in [1.54, 1.807) is 0 Å². The maximum Gasteiger partial charge on any atom is 0.337 e. The molecule has 1 aromatic rings. The van der Waals surface area contributed by atoms with Gasteiger partial charge in [-0.25, -0.2) is 4.79 Å². The Bertz CT molecular complexity index is 540. The van der Waals surface area contributed by atoms with E-state index >= 15 is 0 Å². The van der Waals surface area contributed by atoms with Crippen LogP contribution in [0.3, 0.4) is 0 Å². The zero-order valence-electron chi connectivity index (χ0n) is 11.3. The second-order valence-corrected chi connectivity index (χ2v) is 5.14. The lowest BCUT2D eigenvalue weighted by molar-refractivity contribution is -0.384. The second kappa shape index (κ2) is 5.46. The molecule has 0 aliphatic carbocycles. The van der Waals surface area contributed by atoms with Crippen LogP contribution in [0.15, 0.2) is 18.2 Å². The van der Waals surface area contributed by atoms with E-state index in [1.165, 1.54) is 25.3 Å². The summed E-state index contributed by atoms with van der Waals surface area (Å²) in [5.74, 6) is -0.527. The Kier molecular flexibility index (Phi) is 3.89. The average molecular weight is 280 g/mol. The van der Waals surface area contributed by atoms with Crippen LogP contribution in [0.1, 0.15) is 17.3 Å². The Labute approximate surface area is 116 Å². The number of hydrogen-bond acceptors (Lipinski definition) is 6. The van der Waals surface area contributed by atoms with Crippen LogP contribution < -0.4 is 5.32 Å². The fourth-order valence-corrected chi connectivity index (χ4v) is 1.94. The first-order valence-electron chi connectivity index (χ1n) is 6.13. The molecule has 1 fully saturated rings. The smallest absolute Gasteiger partial charge is 0.337 e. The minimum Gasteiger partial charge on any atom is -0.465 e. The topological polar surface area (TPSA) is 90.7 Å². The highest BCUT2D eigenvalue weighted by atomic mass is 16.6. The van der Waals surface area contributed by atoms with Crippen LogP contribution in [-0.4, -0.2) is 37.8 Å². The summed E-state index contributed by atoms with van der Waals surface area (Å²) in [5.41, 5.74) is 0.484. The number of nitro groups is 1. The van der Waals surface area contributed by atoms with Crippen molar-refractivity contribution in [1.29, 1.82) is 0 Å². The summed E-state index contributed by atoms with van der Waals surface area (Å²) in [5, 5.41) is 14.0. The van der Waals surface area contributed by atoms with E-state index in [-0.39, 0.29) is 16.7 Å². The third kappa shape index (κ3) is 2.88. The standard InChI is InChI=1S/C13H16N2O5/c1-13(7-20-8-13)6-14-10-5-9(12(16)19-2)3-4-11(10)15(17)18/h3-5,14H,6-8H2,1-2H3. The number of rotatable bonds is 5. The van der Waals surface area contributed by atoms with E-state index in [1.807, 2.05) is 6.92 Å². The number of ether oxygens (including phenoxy) is 2. The number of nitro benzene ring substituents is 1. The number of hydrogen-bond donors (Lipinski definition) is 1. The number of carbonyl (C=O) groups excluding carboxylic acids is 1. The highest BCUT2D eigenvalue weighted by Crippen LogP contribution is 2.30. The van der Waals surface area contributed by atoms with Crippen molar-refractivity contribution in [3.63, 3.8) is 0 Å².